The van der Waals surface area contributed by atoms with Gasteiger partial charge in [-0.05, 0) is 11.8 Å². The van der Waals surface area contributed by atoms with E-state index in [1.165, 1.54) is 19.3 Å². The Bertz CT molecular complexity index is 165. The minimum Gasteiger partial charge on any atom is -0.222 e. The lowest BCUT2D eigenvalue weighted by molar-refractivity contribution is 0.319. The molecule has 0 saturated carbocycles. The molecular formula is C10H20N2O2. The largest absolute Gasteiger partial charge is 0.231 e. The zero-order valence-corrected chi connectivity index (χ0v) is 9.44. The maximum Gasteiger partial charge on any atom is 0.231 e. The molecule has 0 heterocycles. The van der Waals surface area contributed by atoms with Gasteiger partial charge in [0.1, 0.15) is 0 Å². The SMILES string of the molecule is CCCC(C)(C)CC.N=C=O.N=C=O. The third-order valence-electron chi connectivity index (χ3n) is 1.88. The molecule has 0 fully saturated rings. The predicted molar refractivity (Wildman–Crippen MR) is 55.8 cm³/mol. The zero-order chi connectivity index (χ0) is 12.0. The van der Waals surface area contributed by atoms with Gasteiger partial charge in [-0.3, -0.25) is 0 Å². The van der Waals surface area contributed by atoms with Crippen LogP contribution in [0.2, 0.25) is 0 Å². The van der Waals surface area contributed by atoms with E-state index in [4.69, 9.17) is 20.4 Å². The van der Waals surface area contributed by atoms with E-state index in [2.05, 4.69) is 27.7 Å². The van der Waals surface area contributed by atoms with Crippen LogP contribution in [0.1, 0.15) is 47.0 Å². The van der Waals surface area contributed by atoms with Crippen LogP contribution in [0.5, 0.6) is 0 Å². The summed E-state index contributed by atoms with van der Waals surface area (Å²) in [5.74, 6) is 0. The van der Waals surface area contributed by atoms with Crippen molar-refractivity contribution in [3.05, 3.63) is 0 Å². The molecule has 0 atom stereocenters. The summed E-state index contributed by atoms with van der Waals surface area (Å²) < 4.78 is 0. The van der Waals surface area contributed by atoms with Gasteiger partial charge in [0.25, 0.3) is 0 Å². The molecule has 0 rings (SSSR count). The summed E-state index contributed by atoms with van der Waals surface area (Å²) in [6.07, 6.45) is 5.49. The van der Waals surface area contributed by atoms with Crippen LogP contribution >= 0.6 is 0 Å². The first-order valence-corrected chi connectivity index (χ1v) is 4.53. The Balaban J connectivity index is -0.000000168. The lowest BCUT2D eigenvalue weighted by Crippen LogP contribution is -2.07. The average molecular weight is 200 g/mol. The minimum atomic E-state index is 0.592. The van der Waals surface area contributed by atoms with Gasteiger partial charge in [-0.2, -0.15) is 0 Å². The van der Waals surface area contributed by atoms with E-state index in [1.807, 2.05) is 0 Å². The Kier molecular flexibility index (Phi) is 18.9. The molecule has 4 heteroatoms. The lowest BCUT2D eigenvalue weighted by atomic mass is 9.86. The van der Waals surface area contributed by atoms with Crippen molar-refractivity contribution >= 4 is 12.2 Å². The quantitative estimate of drug-likeness (QED) is 0.542. The van der Waals surface area contributed by atoms with Crippen LogP contribution < -0.4 is 0 Å². The molecule has 0 spiro atoms. The molecular weight excluding hydrogens is 180 g/mol. The number of carbonyl (C=O) groups excluding carboxylic acids is 2. The van der Waals surface area contributed by atoms with Gasteiger partial charge in [-0.25, -0.2) is 20.4 Å². The topological polar surface area (TPSA) is 81.8 Å². The van der Waals surface area contributed by atoms with Gasteiger partial charge in [0.2, 0.25) is 12.2 Å². The van der Waals surface area contributed by atoms with Crippen LogP contribution in [-0.2, 0) is 9.59 Å². The molecule has 14 heavy (non-hydrogen) atoms. The van der Waals surface area contributed by atoms with Crippen LogP contribution in [0.3, 0.4) is 0 Å². The molecule has 0 radical (unpaired) electrons. The van der Waals surface area contributed by atoms with Gasteiger partial charge in [0, 0.05) is 0 Å². The van der Waals surface area contributed by atoms with Gasteiger partial charge in [-0.1, -0.05) is 40.5 Å². The maximum absolute atomic E-state index is 8.35. The van der Waals surface area contributed by atoms with Crippen molar-refractivity contribution in [3.63, 3.8) is 0 Å². The summed E-state index contributed by atoms with van der Waals surface area (Å²) in [5.41, 5.74) is 0.592. The second-order valence-electron chi connectivity index (χ2n) is 3.47. The molecule has 0 aromatic heterocycles. The molecule has 2 N–H and O–H groups in total. The monoisotopic (exact) mass is 200 g/mol. The smallest absolute Gasteiger partial charge is 0.222 e. The van der Waals surface area contributed by atoms with Crippen LogP contribution in [0, 0.1) is 16.2 Å². The minimum absolute atomic E-state index is 0.592. The van der Waals surface area contributed by atoms with Crippen LogP contribution in [0.4, 0.5) is 0 Å². The molecule has 82 valence electrons. The summed E-state index contributed by atoms with van der Waals surface area (Å²) >= 11 is 0. The molecule has 0 bridgehead atoms. The number of rotatable bonds is 3. The van der Waals surface area contributed by atoms with E-state index < -0.39 is 0 Å². The summed E-state index contributed by atoms with van der Waals surface area (Å²) in [6.45, 7) is 9.17. The molecule has 4 nitrogen and oxygen atoms in total. The van der Waals surface area contributed by atoms with Crippen molar-refractivity contribution < 1.29 is 9.59 Å². The second kappa shape index (κ2) is 14.3. The van der Waals surface area contributed by atoms with Crippen LogP contribution in [-0.4, -0.2) is 12.2 Å². The van der Waals surface area contributed by atoms with E-state index in [0.717, 1.165) is 12.2 Å². The third-order valence-corrected chi connectivity index (χ3v) is 1.88. The molecule has 0 aliphatic rings. The highest BCUT2D eigenvalue weighted by molar-refractivity contribution is 5.26. The molecule has 0 unspecified atom stereocenters. The van der Waals surface area contributed by atoms with Crippen LogP contribution in [0.15, 0.2) is 0 Å². The molecule has 0 saturated heterocycles. The first-order chi connectivity index (χ1) is 6.45. The predicted octanol–water partition coefficient (Wildman–Crippen LogP) is 3.02. The summed E-state index contributed by atoms with van der Waals surface area (Å²) in [4.78, 5) is 16.7. The van der Waals surface area contributed by atoms with Crippen molar-refractivity contribution in [1.82, 2.24) is 0 Å². The number of nitrogens with one attached hydrogen (secondary N) is 2. The van der Waals surface area contributed by atoms with E-state index in [0.29, 0.717) is 5.41 Å². The highest BCUT2D eigenvalue weighted by atomic mass is 16.1. The first kappa shape index (κ1) is 18.5. The van der Waals surface area contributed by atoms with Crippen molar-refractivity contribution in [3.8, 4) is 0 Å². The number of isocyanates is 2. The Labute approximate surface area is 85.7 Å². The Hall–Kier alpha value is -1.24. The Morgan fingerprint density at radius 3 is 1.43 bits per heavy atom. The fourth-order valence-corrected chi connectivity index (χ4v) is 0.854. The Morgan fingerprint density at radius 1 is 1.07 bits per heavy atom. The standard InChI is InChI=1S/C8H18.2CHNO/c1-5-7-8(3,4)6-2;2*2-1-3/h5-7H2,1-4H3;2*2H. The van der Waals surface area contributed by atoms with Crippen molar-refractivity contribution in [2.24, 2.45) is 5.41 Å². The molecule has 0 aromatic carbocycles. The lowest BCUT2D eigenvalue weighted by Gasteiger charge is -2.20. The van der Waals surface area contributed by atoms with Gasteiger partial charge in [0.15, 0.2) is 0 Å². The second-order valence-corrected chi connectivity index (χ2v) is 3.47. The maximum atomic E-state index is 8.35. The van der Waals surface area contributed by atoms with Crippen LogP contribution in [0.25, 0.3) is 0 Å². The molecule has 0 aliphatic carbocycles. The van der Waals surface area contributed by atoms with E-state index in [1.54, 1.807) is 0 Å². The summed E-state index contributed by atoms with van der Waals surface area (Å²) in [6, 6.07) is 0. The van der Waals surface area contributed by atoms with Crippen molar-refractivity contribution in [2.75, 3.05) is 0 Å². The highest BCUT2D eigenvalue weighted by Gasteiger charge is 2.11. The van der Waals surface area contributed by atoms with Crippen molar-refractivity contribution in [1.29, 1.82) is 10.8 Å². The molecule has 0 aromatic rings. The molecule has 0 aliphatic heterocycles. The van der Waals surface area contributed by atoms with Gasteiger partial charge in [0.05, 0.1) is 0 Å². The van der Waals surface area contributed by atoms with E-state index >= 15 is 0 Å². The zero-order valence-electron chi connectivity index (χ0n) is 9.44. The summed E-state index contributed by atoms with van der Waals surface area (Å²) in [7, 11) is 0. The number of hydrogen-bond donors (Lipinski definition) is 2. The first-order valence-electron chi connectivity index (χ1n) is 4.53. The third kappa shape index (κ3) is 30.9. The fourth-order valence-electron chi connectivity index (χ4n) is 0.854. The van der Waals surface area contributed by atoms with E-state index in [9.17, 15) is 0 Å². The molecule has 0 amide bonds. The normalized spacial score (nSPS) is 8.00. The Morgan fingerprint density at radius 2 is 1.36 bits per heavy atom. The number of hydrogen-bond acceptors (Lipinski definition) is 4. The summed E-state index contributed by atoms with van der Waals surface area (Å²) in [5, 5.41) is 10.8. The average Bonchev–Trinajstić information content (AvgIpc) is 2.07. The fraction of sp³-hybridized carbons (Fsp3) is 0.800. The highest BCUT2D eigenvalue weighted by Crippen LogP contribution is 2.25. The van der Waals surface area contributed by atoms with Gasteiger partial charge in [-0.15, -0.1) is 0 Å². The van der Waals surface area contributed by atoms with Gasteiger partial charge >= 0.3 is 0 Å². The van der Waals surface area contributed by atoms with Crippen molar-refractivity contribution in [2.45, 2.75) is 47.0 Å². The van der Waals surface area contributed by atoms with Gasteiger partial charge < -0.3 is 0 Å². The van der Waals surface area contributed by atoms with E-state index in [-0.39, 0.29) is 0 Å².